The van der Waals surface area contributed by atoms with Gasteiger partial charge in [0.1, 0.15) is 11.9 Å². The van der Waals surface area contributed by atoms with E-state index in [9.17, 15) is 18.0 Å². The summed E-state index contributed by atoms with van der Waals surface area (Å²) in [4.78, 5) is 14.0. The Morgan fingerprint density at radius 2 is 1.93 bits per heavy atom. The molecule has 1 atom stereocenters. The summed E-state index contributed by atoms with van der Waals surface area (Å²) in [6.45, 7) is 0.703. The summed E-state index contributed by atoms with van der Waals surface area (Å²) in [7, 11) is 1.47. The van der Waals surface area contributed by atoms with Gasteiger partial charge in [-0.1, -0.05) is 6.07 Å². The maximum absolute atomic E-state index is 12.5. The minimum atomic E-state index is -4.81. The fourth-order valence-electron chi connectivity index (χ4n) is 2.67. The second-order valence-electron chi connectivity index (χ2n) is 5.77. The largest absolute Gasteiger partial charge is 0.573 e. The van der Waals surface area contributed by atoms with Gasteiger partial charge in [0.2, 0.25) is 11.8 Å². The number of carbonyl (C=O) groups excluding carboxylic acids is 1. The minimum Gasteiger partial charge on any atom is -0.480 e. The molecule has 1 aromatic heterocycles. The zero-order valence-electron chi connectivity index (χ0n) is 14.3. The van der Waals surface area contributed by atoms with E-state index in [1.54, 1.807) is 12.1 Å². The molecule has 10 heteroatoms. The third-order valence-electron chi connectivity index (χ3n) is 3.86. The molecule has 0 saturated carbocycles. The second kappa shape index (κ2) is 7.68. The number of nitrogens with zero attached hydrogens (tertiary/aromatic N) is 3. The molecule has 1 aliphatic rings. The van der Waals surface area contributed by atoms with Crippen LogP contribution in [0.2, 0.25) is 0 Å². The summed E-state index contributed by atoms with van der Waals surface area (Å²) in [6.07, 6.45) is -4.53. The Bertz CT molecular complexity index is 799. The van der Waals surface area contributed by atoms with E-state index in [0.29, 0.717) is 24.7 Å². The Morgan fingerprint density at radius 1 is 1.19 bits per heavy atom. The fraction of sp³-hybridized carbons (Fsp3) is 0.353. The molecule has 7 nitrogen and oxygen atoms in total. The molecule has 1 aromatic carbocycles. The number of methoxy groups -OCH3 is 1. The number of ether oxygens (including phenoxy) is 3. The lowest BCUT2D eigenvalue weighted by Crippen LogP contribution is -2.31. The normalized spacial score (nSPS) is 16.9. The molecule has 0 N–H and O–H groups in total. The second-order valence-corrected chi connectivity index (χ2v) is 5.77. The first-order valence-corrected chi connectivity index (χ1v) is 8.03. The van der Waals surface area contributed by atoms with Crippen LogP contribution in [-0.2, 0) is 0 Å². The van der Waals surface area contributed by atoms with Gasteiger partial charge in [-0.3, -0.25) is 4.79 Å². The first-order valence-electron chi connectivity index (χ1n) is 8.03. The van der Waals surface area contributed by atoms with Gasteiger partial charge in [-0.25, -0.2) is 0 Å². The topological polar surface area (TPSA) is 73.8 Å². The van der Waals surface area contributed by atoms with Crippen molar-refractivity contribution in [3.8, 4) is 17.5 Å². The SMILES string of the molecule is COc1ccc(OC2CCN(C(=O)c3cccc(OC(F)(F)F)c3)C2)nn1. The van der Waals surface area contributed by atoms with E-state index in [0.717, 1.165) is 12.1 Å². The standard InChI is InChI=1S/C17H16F3N3O4/c1-25-14-5-6-15(22-21-14)26-13-7-8-23(10-13)16(24)11-3-2-4-12(9-11)27-17(18,19)20/h2-6,9,13H,7-8,10H2,1H3. The molecule has 0 spiro atoms. The Kier molecular flexibility index (Phi) is 5.33. The number of benzene rings is 1. The van der Waals surface area contributed by atoms with E-state index in [2.05, 4.69) is 14.9 Å². The van der Waals surface area contributed by atoms with Crippen LogP contribution in [-0.4, -0.2) is 53.7 Å². The average molecular weight is 383 g/mol. The first-order chi connectivity index (χ1) is 12.8. The predicted molar refractivity (Wildman–Crippen MR) is 86.6 cm³/mol. The van der Waals surface area contributed by atoms with Crippen molar-refractivity contribution in [2.45, 2.75) is 18.9 Å². The molecule has 0 radical (unpaired) electrons. The van der Waals surface area contributed by atoms with E-state index < -0.39 is 18.0 Å². The summed E-state index contributed by atoms with van der Waals surface area (Å²) < 4.78 is 51.4. The van der Waals surface area contributed by atoms with Crippen LogP contribution in [0.15, 0.2) is 36.4 Å². The molecular formula is C17H16F3N3O4. The highest BCUT2D eigenvalue weighted by Crippen LogP contribution is 2.25. The zero-order chi connectivity index (χ0) is 19.4. The van der Waals surface area contributed by atoms with Crippen molar-refractivity contribution >= 4 is 5.91 Å². The Labute approximate surface area is 152 Å². The third-order valence-corrected chi connectivity index (χ3v) is 3.86. The molecule has 1 aliphatic heterocycles. The summed E-state index contributed by atoms with van der Waals surface area (Å²) in [5.41, 5.74) is 0.113. The van der Waals surface area contributed by atoms with Gasteiger partial charge in [-0.2, -0.15) is 0 Å². The molecule has 144 valence electrons. The van der Waals surface area contributed by atoms with E-state index >= 15 is 0 Å². The van der Waals surface area contributed by atoms with Crippen molar-refractivity contribution < 1.29 is 32.2 Å². The van der Waals surface area contributed by atoms with Crippen LogP contribution >= 0.6 is 0 Å². The number of hydrogen-bond donors (Lipinski definition) is 0. The number of likely N-dealkylation sites (tertiary alicyclic amines) is 1. The number of carbonyl (C=O) groups is 1. The lowest BCUT2D eigenvalue weighted by Gasteiger charge is -2.17. The minimum absolute atomic E-state index is 0.113. The van der Waals surface area contributed by atoms with Crippen LogP contribution in [0, 0.1) is 0 Å². The van der Waals surface area contributed by atoms with E-state index in [1.807, 2.05) is 0 Å². The lowest BCUT2D eigenvalue weighted by molar-refractivity contribution is -0.274. The number of aromatic nitrogens is 2. The number of rotatable bonds is 5. The quantitative estimate of drug-likeness (QED) is 0.791. The van der Waals surface area contributed by atoms with Gasteiger partial charge < -0.3 is 19.1 Å². The molecule has 1 amide bonds. The lowest BCUT2D eigenvalue weighted by atomic mass is 10.2. The number of hydrogen-bond acceptors (Lipinski definition) is 6. The van der Waals surface area contributed by atoms with Crippen molar-refractivity contribution in [1.82, 2.24) is 15.1 Å². The van der Waals surface area contributed by atoms with Gasteiger partial charge in [-0.15, -0.1) is 23.4 Å². The van der Waals surface area contributed by atoms with E-state index in [-0.39, 0.29) is 18.2 Å². The molecule has 1 fully saturated rings. The van der Waals surface area contributed by atoms with Gasteiger partial charge >= 0.3 is 6.36 Å². The first kappa shape index (κ1) is 18.7. The third kappa shape index (κ3) is 4.99. The molecule has 2 aromatic rings. The monoisotopic (exact) mass is 383 g/mol. The van der Waals surface area contributed by atoms with Crippen LogP contribution < -0.4 is 14.2 Å². The Balaban J connectivity index is 1.61. The van der Waals surface area contributed by atoms with Crippen LogP contribution in [0.4, 0.5) is 13.2 Å². The molecule has 27 heavy (non-hydrogen) atoms. The summed E-state index contributed by atoms with van der Waals surface area (Å²) in [5.74, 6) is -0.175. The van der Waals surface area contributed by atoms with Gasteiger partial charge in [0.05, 0.1) is 13.7 Å². The van der Waals surface area contributed by atoms with E-state index in [4.69, 9.17) is 9.47 Å². The molecule has 0 bridgehead atoms. The van der Waals surface area contributed by atoms with Crippen LogP contribution in [0.25, 0.3) is 0 Å². The number of amides is 1. The summed E-state index contributed by atoms with van der Waals surface area (Å²) >= 11 is 0. The molecule has 3 rings (SSSR count). The Morgan fingerprint density at radius 3 is 2.59 bits per heavy atom. The maximum Gasteiger partial charge on any atom is 0.573 e. The smallest absolute Gasteiger partial charge is 0.480 e. The number of halogens is 3. The molecular weight excluding hydrogens is 367 g/mol. The van der Waals surface area contributed by atoms with E-state index in [1.165, 1.54) is 24.1 Å². The van der Waals surface area contributed by atoms with Gasteiger partial charge in [0.25, 0.3) is 5.91 Å². The highest BCUT2D eigenvalue weighted by atomic mass is 19.4. The maximum atomic E-state index is 12.5. The van der Waals surface area contributed by atoms with Crippen LogP contribution in [0.1, 0.15) is 16.8 Å². The van der Waals surface area contributed by atoms with Gasteiger partial charge in [0, 0.05) is 30.7 Å². The van der Waals surface area contributed by atoms with Crippen LogP contribution in [0.3, 0.4) is 0 Å². The van der Waals surface area contributed by atoms with Gasteiger partial charge in [0.15, 0.2) is 0 Å². The van der Waals surface area contributed by atoms with Crippen molar-refractivity contribution in [3.63, 3.8) is 0 Å². The van der Waals surface area contributed by atoms with Crippen molar-refractivity contribution in [3.05, 3.63) is 42.0 Å². The Hall–Kier alpha value is -3.04. The van der Waals surface area contributed by atoms with Crippen LogP contribution in [0.5, 0.6) is 17.5 Å². The van der Waals surface area contributed by atoms with Crippen molar-refractivity contribution in [2.24, 2.45) is 0 Å². The molecule has 2 heterocycles. The van der Waals surface area contributed by atoms with Gasteiger partial charge in [-0.05, 0) is 18.2 Å². The fourth-order valence-corrected chi connectivity index (χ4v) is 2.67. The highest BCUT2D eigenvalue weighted by Gasteiger charge is 2.32. The van der Waals surface area contributed by atoms with Crippen molar-refractivity contribution in [2.75, 3.05) is 20.2 Å². The van der Waals surface area contributed by atoms with Crippen molar-refractivity contribution in [1.29, 1.82) is 0 Å². The summed E-state index contributed by atoms with van der Waals surface area (Å²) in [5, 5.41) is 7.66. The molecule has 1 unspecified atom stereocenters. The summed E-state index contributed by atoms with van der Waals surface area (Å²) in [6, 6.07) is 8.20. The zero-order valence-corrected chi connectivity index (χ0v) is 14.3. The molecule has 0 aliphatic carbocycles. The predicted octanol–water partition coefficient (Wildman–Crippen LogP) is 2.68. The molecule has 1 saturated heterocycles. The highest BCUT2D eigenvalue weighted by molar-refractivity contribution is 5.94. The number of alkyl halides is 3. The average Bonchev–Trinajstić information content (AvgIpc) is 3.09.